The highest BCUT2D eigenvalue weighted by Crippen LogP contribution is 2.26. The van der Waals surface area contributed by atoms with E-state index < -0.39 is 17.9 Å². The van der Waals surface area contributed by atoms with Crippen LogP contribution < -0.4 is 11.1 Å². The van der Waals surface area contributed by atoms with Crippen molar-refractivity contribution < 1.29 is 9.18 Å². The zero-order valence-corrected chi connectivity index (χ0v) is 10.5. The largest absolute Gasteiger partial charge is 0.320 e. The van der Waals surface area contributed by atoms with Crippen LogP contribution in [0.1, 0.15) is 11.1 Å². The molecule has 3 rings (SSSR count). The minimum absolute atomic E-state index is 0.119. The summed E-state index contributed by atoms with van der Waals surface area (Å²) in [5.74, 6) is -1.03. The van der Waals surface area contributed by atoms with Gasteiger partial charge in [0.15, 0.2) is 6.17 Å². The molecule has 0 saturated heterocycles. The number of anilines is 1. The van der Waals surface area contributed by atoms with Gasteiger partial charge >= 0.3 is 0 Å². The second kappa shape index (κ2) is 4.86. The first-order valence-corrected chi connectivity index (χ1v) is 6.15. The van der Waals surface area contributed by atoms with E-state index in [9.17, 15) is 9.18 Å². The Balaban J connectivity index is 2.25. The Labute approximate surface area is 115 Å². The first-order chi connectivity index (χ1) is 9.66. The minimum atomic E-state index is -1.06. The van der Waals surface area contributed by atoms with Crippen molar-refractivity contribution in [1.82, 2.24) is 0 Å². The molecule has 0 saturated carbocycles. The van der Waals surface area contributed by atoms with E-state index in [1.165, 1.54) is 6.07 Å². The SMILES string of the molecule is NC1N=C(c2ccccc2)c2cccc(F)c2NC1=O. The molecule has 0 aliphatic carbocycles. The zero-order valence-electron chi connectivity index (χ0n) is 10.5. The van der Waals surface area contributed by atoms with Gasteiger partial charge in [-0.3, -0.25) is 9.79 Å². The quantitative estimate of drug-likeness (QED) is 0.830. The number of aliphatic imine (C=N–C) groups is 1. The maximum atomic E-state index is 13.9. The molecule has 5 heteroatoms. The van der Waals surface area contributed by atoms with Gasteiger partial charge in [0.1, 0.15) is 5.82 Å². The molecule has 0 aromatic heterocycles. The van der Waals surface area contributed by atoms with Crippen LogP contribution in [0.3, 0.4) is 0 Å². The molecule has 0 spiro atoms. The van der Waals surface area contributed by atoms with Crippen molar-refractivity contribution in [3.05, 3.63) is 65.5 Å². The molecule has 0 radical (unpaired) electrons. The Kier molecular flexibility index (Phi) is 3.04. The van der Waals surface area contributed by atoms with Crippen LogP contribution in [0.15, 0.2) is 53.5 Å². The molecule has 1 heterocycles. The number of carbonyl (C=O) groups excluding carboxylic acids is 1. The fourth-order valence-corrected chi connectivity index (χ4v) is 2.14. The number of carbonyl (C=O) groups is 1. The highest BCUT2D eigenvalue weighted by atomic mass is 19.1. The molecular weight excluding hydrogens is 257 g/mol. The summed E-state index contributed by atoms with van der Waals surface area (Å²) in [6.45, 7) is 0. The summed E-state index contributed by atoms with van der Waals surface area (Å²) in [7, 11) is 0. The van der Waals surface area contributed by atoms with Gasteiger partial charge in [0.05, 0.1) is 11.4 Å². The number of benzodiazepines with no additional fused rings is 1. The summed E-state index contributed by atoms with van der Waals surface area (Å²) in [5.41, 5.74) is 7.65. The van der Waals surface area contributed by atoms with Crippen molar-refractivity contribution in [3.8, 4) is 0 Å². The van der Waals surface area contributed by atoms with Crippen LogP contribution in [-0.4, -0.2) is 17.8 Å². The fraction of sp³-hybridized carbons (Fsp3) is 0.0667. The maximum Gasteiger partial charge on any atom is 0.263 e. The van der Waals surface area contributed by atoms with E-state index >= 15 is 0 Å². The number of halogens is 1. The monoisotopic (exact) mass is 269 g/mol. The Bertz CT molecular complexity index is 698. The number of benzene rings is 2. The maximum absolute atomic E-state index is 13.9. The Morgan fingerprint density at radius 3 is 2.60 bits per heavy atom. The normalized spacial score (nSPS) is 17.8. The lowest BCUT2D eigenvalue weighted by Gasteiger charge is -2.10. The lowest BCUT2D eigenvalue weighted by atomic mass is 10.0. The van der Waals surface area contributed by atoms with E-state index in [0.29, 0.717) is 11.3 Å². The van der Waals surface area contributed by atoms with Crippen LogP contribution in [0.5, 0.6) is 0 Å². The number of hydrogen-bond donors (Lipinski definition) is 2. The smallest absolute Gasteiger partial charge is 0.263 e. The molecular formula is C15H12FN3O. The van der Waals surface area contributed by atoms with Gasteiger partial charge in [-0.25, -0.2) is 4.39 Å². The molecule has 20 heavy (non-hydrogen) atoms. The average Bonchev–Trinajstić information content (AvgIpc) is 2.59. The van der Waals surface area contributed by atoms with Crippen molar-refractivity contribution in [2.24, 2.45) is 10.7 Å². The van der Waals surface area contributed by atoms with E-state index in [1.54, 1.807) is 12.1 Å². The van der Waals surface area contributed by atoms with Gasteiger partial charge in [0.2, 0.25) is 0 Å². The van der Waals surface area contributed by atoms with Gasteiger partial charge in [0.25, 0.3) is 5.91 Å². The highest BCUT2D eigenvalue weighted by molar-refractivity contribution is 6.19. The molecule has 0 fully saturated rings. The third-order valence-electron chi connectivity index (χ3n) is 3.10. The lowest BCUT2D eigenvalue weighted by Crippen LogP contribution is -2.33. The highest BCUT2D eigenvalue weighted by Gasteiger charge is 2.24. The molecule has 1 atom stereocenters. The van der Waals surface area contributed by atoms with Crippen molar-refractivity contribution in [2.45, 2.75) is 6.17 Å². The standard InChI is InChI=1S/C15H12FN3O/c16-11-8-4-7-10-12(9-5-2-1-3-6-9)18-14(17)15(20)19-13(10)11/h1-8,14H,17H2,(H,19,20). The molecule has 2 aromatic rings. The third kappa shape index (κ3) is 2.08. The predicted octanol–water partition coefficient (Wildman–Crippen LogP) is 1.90. The first kappa shape index (κ1) is 12.5. The number of rotatable bonds is 1. The van der Waals surface area contributed by atoms with Gasteiger partial charge in [0, 0.05) is 11.1 Å². The third-order valence-corrected chi connectivity index (χ3v) is 3.10. The van der Waals surface area contributed by atoms with Crippen LogP contribution in [0.2, 0.25) is 0 Å². The molecule has 1 amide bonds. The van der Waals surface area contributed by atoms with Crippen LogP contribution in [0.25, 0.3) is 0 Å². The van der Waals surface area contributed by atoms with E-state index in [-0.39, 0.29) is 5.69 Å². The Hall–Kier alpha value is -2.53. The zero-order chi connectivity index (χ0) is 14.1. The molecule has 100 valence electrons. The first-order valence-electron chi connectivity index (χ1n) is 6.15. The fourth-order valence-electron chi connectivity index (χ4n) is 2.14. The van der Waals surface area contributed by atoms with Crippen molar-refractivity contribution in [1.29, 1.82) is 0 Å². The van der Waals surface area contributed by atoms with Crippen LogP contribution in [-0.2, 0) is 4.79 Å². The van der Waals surface area contributed by atoms with Gasteiger partial charge in [-0.2, -0.15) is 0 Å². The summed E-state index contributed by atoms with van der Waals surface area (Å²) < 4.78 is 13.9. The van der Waals surface area contributed by atoms with Gasteiger partial charge < -0.3 is 11.1 Å². The number of hydrogen-bond acceptors (Lipinski definition) is 3. The Morgan fingerprint density at radius 1 is 1.10 bits per heavy atom. The van der Waals surface area contributed by atoms with Gasteiger partial charge in [-0.1, -0.05) is 42.5 Å². The number of nitrogens with zero attached hydrogens (tertiary/aromatic N) is 1. The van der Waals surface area contributed by atoms with E-state index in [2.05, 4.69) is 10.3 Å². The molecule has 1 aliphatic heterocycles. The predicted molar refractivity (Wildman–Crippen MR) is 75.1 cm³/mol. The average molecular weight is 269 g/mol. The molecule has 1 unspecified atom stereocenters. The van der Waals surface area contributed by atoms with Gasteiger partial charge in [-0.15, -0.1) is 0 Å². The minimum Gasteiger partial charge on any atom is -0.320 e. The lowest BCUT2D eigenvalue weighted by molar-refractivity contribution is -0.117. The van der Waals surface area contributed by atoms with E-state index in [4.69, 9.17) is 5.73 Å². The van der Waals surface area contributed by atoms with E-state index in [1.807, 2.05) is 30.3 Å². The second-order valence-corrected chi connectivity index (χ2v) is 4.44. The summed E-state index contributed by atoms with van der Waals surface area (Å²) in [6.07, 6.45) is -1.06. The molecule has 2 aromatic carbocycles. The van der Waals surface area contributed by atoms with E-state index in [0.717, 1.165) is 5.56 Å². The van der Waals surface area contributed by atoms with Crippen LogP contribution in [0, 0.1) is 5.82 Å². The second-order valence-electron chi connectivity index (χ2n) is 4.44. The molecule has 4 nitrogen and oxygen atoms in total. The number of nitrogens with two attached hydrogens (primary N) is 1. The van der Waals surface area contributed by atoms with Crippen molar-refractivity contribution in [2.75, 3.05) is 5.32 Å². The molecule has 0 bridgehead atoms. The number of amides is 1. The topological polar surface area (TPSA) is 67.5 Å². The van der Waals surface area contributed by atoms with Crippen LogP contribution >= 0.6 is 0 Å². The summed E-state index contributed by atoms with van der Waals surface area (Å²) in [6, 6.07) is 13.8. The van der Waals surface area contributed by atoms with Crippen molar-refractivity contribution >= 4 is 17.3 Å². The molecule has 1 aliphatic rings. The Morgan fingerprint density at radius 2 is 1.85 bits per heavy atom. The summed E-state index contributed by atoms with van der Waals surface area (Å²) in [4.78, 5) is 16.0. The number of fused-ring (bicyclic) bond motifs is 1. The summed E-state index contributed by atoms with van der Waals surface area (Å²) in [5, 5.41) is 2.49. The van der Waals surface area contributed by atoms with Crippen molar-refractivity contribution in [3.63, 3.8) is 0 Å². The number of nitrogens with one attached hydrogen (secondary N) is 1. The number of para-hydroxylation sites is 1. The van der Waals surface area contributed by atoms with Gasteiger partial charge in [-0.05, 0) is 6.07 Å². The summed E-state index contributed by atoms with van der Waals surface area (Å²) >= 11 is 0. The molecule has 3 N–H and O–H groups in total. The van der Waals surface area contributed by atoms with Crippen LogP contribution in [0.4, 0.5) is 10.1 Å².